The van der Waals surface area contributed by atoms with Crippen molar-refractivity contribution in [3.8, 4) is 0 Å². The molecule has 0 heterocycles. The molecule has 4 nitrogen and oxygen atoms in total. The molecule has 2 rings (SSSR count). The largest absolute Gasteiger partial charge is 0.355 e. The first-order chi connectivity index (χ1) is 11.6. The summed E-state index contributed by atoms with van der Waals surface area (Å²) in [5.74, 6) is -0.586. The molecule has 0 saturated heterocycles. The lowest BCUT2D eigenvalue weighted by Crippen LogP contribution is -2.32. The first-order valence-corrected chi connectivity index (χ1v) is 7.84. The van der Waals surface area contributed by atoms with Crippen molar-refractivity contribution in [3.05, 3.63) is 71.5 Å². The Labute approximate surface area is 141 Å². The van der Waals surface area contributed by atoms with E-state index in [1.165, 1.54) is 11.0 Å². The van der Waals surface area contributed by atoms with Gasteiger partial charge in [-0.3, -0.25) is 9.59 Å². The van der Waals surface area contributed by atoms with E-state index in [-0.39, 0.29) is 37.1 Å². The highest BCUT2D eigenvalue weighted by Gasteiger charge is 2.12. The van der Waals surface area contributed by atoms with Gasteiger partial charge in [0.2, 0.25) is 11.8 Å². The second-order valence-corrected chi connectivity index (χ2v) is 5.60. The first-order valence-electron chi connectivity index (χ1n) is 7.84. The monoisotopic (exact) mass is 328 g/mol. The molecule has 2 aromatic rings. The van der Waals surface area contributed by atoms with Gasteiger partial charge in [0, 0.05) is 32.1 Å². The van der Waals surface area contributed by atoms with E-state index in [1.54, 1.807) is 25.2 Å². The molecular weight excluding hydrogens is 307 g/mol. The van der Waals surface area contributed by atoms with Crippen LogP contribution in [0.5, 0.6) is 0 Å². The Morgan fingerprint density at radius 1 is 1.04 bits per heavy atom. The lowest BCUT2D eigenvalue weighted by molar-refractivity contribution is -0.130. The zero-order valence-corrected chi connectivity index (χ0v) is 13.7. The van der Waals surface area contributed by atoms with Crippen molar-refractivity contribution in [1.82, 2.24) is 10.2 Å². The van der Waals surface area contributed by atoms with Crippen LogP contribution in [0, 0.1) is 5.82 Å². The zero-order valence-electron chi connectivity index (χ0n) is 13.7. The smallest absolute Gasteiger partial charge is 0.224 e. The summed E-state index contributed by atoms with van der Waals surface area (Å²) >= 11 is 0. The second kappa shape index (κ2) is 8.82. The minimum absolute atomic E-state index is 0.120. The van der Waals surface area contributed by atoms with E-state index < -0.39 is 0 Å². The summed E-state index contributed by atoms with van der Waals surface area (Å²) in [6, 6.07) is 15.8. The Hall–Kier alpha value is -2.69. The standard InChI is InChI=1S/C19H21FN2O2/c1-22(14-16-9-5-6-10-17(16)20)19(24)11-12-21-18(23)13-15-7-3-2-4-8-15/h2-10H,11-14H2,1H3,(H,21,23). The summed E-state index contributed by atoms with van der Waals surface area (Å²) in [6.07, 6.45) is 0.478. The van der Waals surface area contributed by atoms with Crippen molar-refractivity contribution in [3.63, 3.8) is 0 Å². The third-order valence-electron chi connectivity index (χ3n) is 3.66. The summed E-state index contributed by atoms with van der Waals surface area (Å²) < 4.78 is 13.6. The molecule has 0 unspecified atom stereocenters. The van der Waals surface area contributed by atoms with Crippen molar-refractivity contribution in [1.29, 1.82) is 0 Å². The Morgan fingerprint density at radius 3 is 2.42 bits per heavy atom. The average Bonchev–Trinajstić information content (AvgIpc) is 2.57. The van der Waals surface area contributed by atoms with Gasteiger partial charge >= 0.3 is 0 Å². The number of amides is 2. The van der Waals surface area contributed by atoms with Crippen LogP contribution in [-0.4, -0.2) is 30.3 Å². The summed E-state index contributed by atoms with van der Waals surface area (Å²) in [5.41, 5.74) is 1.40. The Balaban J connectivity index is 1.72. The van der Waals surface area contributed by atoms with Gasteiger partial charge in [0.15, 0.2) is 0 Å². The second-order valence-electron chi connectivity index (χ2n) is 5.60. The molecule has 0 radical (unpaired) electrons. The number of nitrogens with one attached hydrogen (secondary N) is 1. The predicted molar refractivity (Wildman–Crippen MR) is 90.6 cm³/mol. The minimum atomic E-state index is -0.326. The summed E-state index contributed by atoms with van der Waals surface area (Å²) in [7, 11) is 1.63. The zero-order chi connectivity index (χ0) is 17.4. The topological polar surface area (TPSA) is 49.4 Å². The quantitative estimate of drug-likeness (QED) is 0.849. The van der Waals surface area contributed by atoms with Gasteiger partial charge in [0.1, 0.15) is 5.82 Å². The molecule has 24 heavy (non-hydrogen) atoms. The fourth-order valence-electron chi connectivity index (χ4n) is 2.31. The molecule has 0 fully saturated rings. The molecule has 0 aliphatic rings. The molecule has 2 aromatic carbocycles. The van der Waals surface area contributed by atoms with E-state index in [1.807, 2.05) is 30.3 Å². The van der Waals surface area contributed by atoms with Crippen LogP contribution in [0.1, 0.15) is 17.5 Å². The van der Waals surface area contributed by atoms with Crippen LogP contribution in [-0.2, 0) is 22.6 Å². The van der Waals surface area contributed by atoms with Crippen LogP contribution in [0.25, 0.3) is 0 Å². The summed E-state index contributed by atoms with van der Waals surface area (Å²) in [4.78, 5) is 25.3. The number of rotatable bonds is 7. The highest BCUT2D eigenvalue weighted by molar-refractivity contribution is 5.80. The average molecular weight is 328 g/mol. The lowest BCUT2D eigenvalue weighted by Gasteiger charge is -2.17. The molecule has 126 valence electrons. The van der Waals surface area contributed by atoms with Gasteiger partial charge in [-0.15, -0.1) is 0 Å². The predicted octanol–water partition coefficient (Wildman–Crippen LogP) is 2.53. The van der Waals surface area contributed by atoms with Gasteiger partial charge in [0.25, 0.3) is 0 Å². The van der Waals surface area contributed by atoms with E-state index in [4.69, 9.17) is 0 Å². The van der Waals surface area contributed by atoms with E-state index in [0.717, 1.165) is 5.56 Å². The van der Waals surface area contributed by atoms with Crippen LogP contribution in [0.15, 0.2) is 54.6 Å². The van der Waals surface area contributed by atoms with Crippen LogP contribution >= 0.6 is 0 Å². The fraction of sp³-hybridized carbons (Fsp3) is 0.263. The molecule has 0 atom stereocenters. The van der Waals surface area contributed by atoms with E-state index in [9.17, 15) is 14.0 Å². The highest BCUT2D eigenvalue weighted by atomic mass is 19.1. The van der Waals surface area contributed by atoms with Gasteiger partial charge in [-0.05, 0) is 11.6 Å². The van der Waals surface area contributed by atoms with E-state index in [2.05, 4.69) is 5.32 Å². The summed E-state index contributed by atoms with van der Waals surface area (Å²) in [6.45, 7) is 0.482. The number of benzene rings is 2. The molecule has 0 bridgehead atoms. The van der Waals surface area contributed by atoms with Crippen molar-refractivity contribution in [2.24, 2.45) is 0 Å². The SMILES string of the molecule is CN(Cc1ccccc1F)C(=O)CCNC(=O)Cc1ccccc1. The van der Waals surface area contributed by atoms with Gasteiger partial charge < -0.3 is 10.2 Å². The van der Waals surface area contributed by atoms with E-state index in [0.29, 0.717) is 12.0 Å². The van der Waals surface area contributed by atoms with Crippen molar-refractivity contribution >= 4 is 11.8 Å². The maximum Gasteiger partial charge on any atom is 0.224 e. The molecular formula is C19H21FN2O2. The van der Waals surface area contributed by atoms with Gasteiger partial charge in [-0.1, -0.05) is 48.5 Å². The van der Waals surface area contributed by atoms with Gasteiger partial charge in [0.05, 0.1) is 6.42 Å². The molecule has 0 aliphatic heterocycles. The molecule has 0 aromatic heterocycles. The van der Waals surface area contributed by atoms with Crippen LogP contribution < -0.4 is 5.32 Å². The number of carbonyl (C=O) groups excluding carboxylic acids is 2. The van der Waals surface area contributed by atoms with Crippen LogP contribution in [0.3, 0.4) is 0 Å². The molecule has 0 aliphatic carbocycles. The molecule has 2 amide bonds. The number of hydrogen-bond donors (Lipinski definition) is 1. The first kappa shape index (κ1) is 17.7. The van der Waals surface area contributed by atoms with Crippen molar-refractivity contribution < 1.29 is 14.0 Å². The maximum absolute atomic E-state index is 13.6. The van der Waals surface area contributed by atoms with Crippen LogP contribution in [0.2, 0.25) is 0 Å². The van der Waals surface area contributed by atoms with E-state index >= 15 is 0 Å². The maximum atomic E-state index is 13.6. The van der Waals surface area contributed by atoms with Crippen LogP contribution in [0.4, 0.5) is 4.39 Å². The lowest BCUT2D eigenvalue weighted by atomic mass is 10.1. The highest BCUT2D eigenvalue weighted by Crippen LogP contribution is 2.09. The molecule has 0 saturated carbocycles. The number of carbonyl (C=O) groups is 2. The minimum Gasteiger partial charge on any atom is -0.355 e. The summed E-state index contributed by atoms with van der Waals surface area (Å²) in [5, 5.41) is 2.73. The Bertz CT molecular complexity index is 689. The van der Waals surface area contributed by atoms with Crippen molar-refractivity contribution in [2.75, 3.05) is 13.6 Å². The third-order valence-corrected chi connectivity index (χ3v) is 3.66. The molecule has 5 heteroatoms. The fourth-order valence-corrected chi connectivity index (χ4v) is 2.31. The molecule has 0 spiro atoms. The normalized spacial score (nSPS) is 10.2. The number of halogens is 1. The third kappa shape index (κ3) is 5.50. The van der Waals surface area contributed by atoms with Gasteiger partial charge in [-0.25, -0.2) is 4.39 Å². The Morgan fingerprint density at radius 2 is 1.71 bits per heavy atom. The number of hydrogen-bond acceptors (Lipinski definition) is 2. The van der Waals surface area contributed by atoms with Gasteiger partial charge in [-0.2, -0.15) is 0 Å². The van der Waals surface area contributed by atoms with Crippen molar-refractivity contribution in [2.45, 2.75) is 19.4 Å². The Kier molecular flexibility index (Phi) is 6.49. The number of nitrogens with zero attached hydrogens (tertiary/aromatic N) is 1. The molecule has 1 N–H and O–H groups in total.